The Bertz CT molecular complexity index is 1300. The lowest BCUT2D eigenvalue weighted by molar-refractivity contribution is 0.0986. The van der Waals surface area contributed by atoms with Crippen LogP contribution < -0.4 is 5.73 Å². The Morgan fingerprint density at radius 3 is 2.70 bits per heavy atom. The summed E-state index contributed by atoms with van der Waals surface area (Å²) in [7, 11) is -2.87. The first kappa shape index (κ1) is 23.4. The molecule has 0 saturated heterocycles. The smallest absolute Gasteiger partial charge is 0.187 e. The quantitative estimate of drug-likeness (QED) is 0.681. The Labute approximate surface area is 192 Å². The number of nitrogens with two attached hydrogens (primary N) is 1. The molecule has 4 rings (SSSR count). The van der Waals surface area contributed by atoms with Gasteiger partial charge in [0, 0.05) is 12.2 Å². The number of hydrogen-bond donors (Lipinski definition) is 1. The van der Waals surface area contributed by atoms with E-state index in [4.69, 9.17) is 5.73 Å². The highest BCUT2D eigenvalue weighted by molar-refractivity contribution is 7.96. The Morgan fingerprint density at radius 1 is 1.27 bits per heavy atom. The zero-order valence-electron chi connectivity index (χ0n) is 19.1. The highest BCUT2D eigenvalue weighted by Gasteiger charge is 2.56. The highest BCUT2D eigenvalue weighted by Crippen LogP contribution is 2.46. The first-order chi connectivity index (χ1) is 15.4. The number of carbonyl (C=O) groups is 1. The van der Waals surface area contributed by atoms with Gasteiger partial charge in [-0.15, -0.1) is 0 Å². The maximum absolute atomic E-state index is 15.1. The largest absolute Gasteiger partial charge is 0.386 e. The number of ketones is 1. The molecule has 0 radical (unpaired) electrons. The van der Waals surface area contributed by atoms with Gasteiger partial charge in [0.2, 0.25) is 0 Å². The van der Waals surface area contributed by atoms with Crippen LogP contribution in [0.25, 0.3) is 0 Å². The lowest BCUT2D eigenvalue weighted by Crippen LogP contribution is -2.60. The summed E-state index contributed by atoms with van der Waals surface area (Å²) in [5.74, 6) is -1.37. The van der Waals surface area contributed by atoms with E-state index in [0.29, 0.717) is 30.6 Å². The van der Waals surface area contributed by atoms with Crippen LogP contribution in [0.1, 0.15) is 61.1 Å². The molecule has 2 aromatic rings. The van der Waals surface area contributed by atoms with Crippen molar-refractivity contribution in [3.63, 3.8) is 0 Å². The lowest BCUT2D eigenvalue weighted by atomic mass is 9.88. The van der Waals surface area contributed by atoms with Gasteiger partial charge in [0.05, 0.1) is 27.6 Å². The summed E-state index contributed by atoms with van der Waals surface area (Å²) in [5.41, 5.74) is 5.80. The van der Waals surface area contributed by atoms with Crippen LogP contribution >= 0.6 is 0 Å². The SMILES string of the molecule is Cc1cc(F)cnc1C(=O)Cc1ccc(F)c([C@@]2(C)N=C(N)C(C)(C)[S@@]3(=O)=NCCC[C@@H]23)n1. The molecule has 0 aromatic carbocycles. The molecule has 10 heteroatoms. The zero-order valence-corrected chi connectivity index (χ0v) is 19.9. The molecule has 2 aromatic heterocycles. The second-order valence-electron chi connectivity index (χ2n) is 9.26. The number of hydrogen-bond acceptors (Lipinski definition) is 7. The minimum absolute atomic E-state index is 0.00939. The number of Topliss-reactive ketones (excluding diaryl/α,β-unsaturated/α-hetero) is 1. The molecule has 0 bridgehead atoms. The van der Waals surface area contributed by atoms with Crippen LogP contribution in [0.5, 0.6) is 0 Å². The number of halogens is 2. The Kier molecular flexibility index (Phi) is 5.63. The number of aromatic nitrogens is 2. The minimum atomic E-state index is -2.87. The Balaban J connectivity index is 1.78. The number of rotatable bonds is 4. The normalized spacial score (nSPS) is 28.4. The molecule has 0 amide bonds. The monoisotopic (exact) mass is 475 g/mol. The molecule has 0 saturated carbocycles. The van der Waals surface area contributed by atoms with Crippen LogP contribution in [0.2, 0.25) is 0 Å². The van der Waals surface area contributed by atoms with Crippen molar-refractivity contribution in [3.05, 3.63) is 58.7 Å². The van der Waals surface area contributed by atoms with E-state index in [2.05, 4.69) is 19.3 Å². The third kappa shape index (κ3) is 3.64. The van der Waals surface area contributed by atoms with Gasteiger partial charge in [0.15, 0.2) is 5.78 Å². The van der Waals surface area contributed by atoms with E-state index in [0.717, 1.165) is 6.20 Å². The maximum Gasteiger partial charge on any atom is 0.187 e. The molecule has 0 spiro atoms. The van der Waals surface area contributed by atoms with Crippen molar-refractivity contribution in [2.24, 2.45) is 15.1 Å². The van der Waals surface area contributed by atoms with Crippen LogP contribution in [0, 0.1) is 18.6 Å². The van der Waals surface area contributed by atoms with Crippen molar-refractivity contribution >= 4 is 21.3 Å². The van der Waals surface area contributed by atoms with Gasteiger partial charge in [0.25, 0.3) is 0 Å². The van der Waals surface area contributed by atoms with Crippen LogP contribution in [-0.2, 0) is 21.7 Å². The second-order valence-corrected chi connectivity index (χ2v) is 12.2. The summed E-state index contributed by atoms with van der Waals surface area (Å²) in [6, 6.07) is 3.88. The predicted molar refractivity (Wildman–Crippen MR) is 123 cm³/mol. The molecule has 4 heterocycles. The Hall–Kier alpha value is -2.75. The summed E-state index contributed by atoms with van der Waals surface area (Å²) in [5, 5.41) is -0.574. The number of amidine groups is 1. The number of aryl methyl sites for hydroxylation is 1. The average Bonchev–Trinajstić information content (AvgIpc) is 2.74. The molecular formula is C23H27F2N5O2S. The van der Waals surface area contributed by atoms with E-state index < -0.39 is 36.9 Å². The number of pyridine rings is 2. The Morgan fingerprint density at radius 2 is 2.00 bits per heavy atom. The molecule has 0 aliphatic carbocycles. The molecule has 33 heavy (non-hydrogen) atoms. The van der Waals surface area contributed by atoms with Gasteiger partial charge in [-0.1, -0.05) is 0 Å². The third-order valence-corrected chi connectivity index (χ3v) is 10.4. The molecule has 2 aliphatic heterocycles. The lowest BCUT2D eigenvalue weighted by Gasteiger charge is -2.47. The standard InChI is InChI=1S/C23H27F2N5O2S/c1-13-10-14(24)12-27-19(13)17(31)11-15-7-8-16(25)20(29-15)23(4)18-6-5-9-28-33(18,32)22(2,3)21(26)30-23/h7-8,10,12,18H,5-6,9,11H2,1-4H3,(H2,26,30)/t18-,23-,33+/m0/s1. The highest BCUT2D eigenvalue weighted by atomic mass is 32.2. The molecule has 0 fully saturated rings. The number of carbonyl (C=O) groups excluding carboxylic acids is 1. The van der Waals surface area contributed by atoms with Crippen molar-refractivity contribution in [2.75, 3.05) is 6.54 Å². The van der Waals surface area contributed by atoms with E-state index in [1.165, 1.54) is 18.2 Å². The summed E-state index contributed by atoms with van der Waals surface area (Å²) < 4.78 is 46.1. The molecule has 2 aliphatic rings. The van der Waals surface area contributed by atoms with Crippen molar-refractivity contribution in [1.82, 2.24) is 9.97 Å². The first-order valence-electron chi connectivity index (χ1n) is 10.8. The summed E-state index contributed by atoms with van der Waals surface area (Å²) in [6.07, 6.45) is 2.08. The van der Waals surface area contributed by atoms with E-state index in [9.17, 15) is 13.4 Å². The minimum Gasteiger partial charge on any atom is -0.386 e. The summed E-state index contributed by atoms with van der Waals surface area (Å²) in [4.78, 5) is 25.8. The molecular weight excluding hydrogens is 448 g/mol. The third-order valence-electron chi connectivity index (χ3n) is 6.65. The van der Waals surface area contributed by atoms with Gasteiger partial charge >= 0.3 is 0 Å². The van der Waals surface area contributed by atoms with Gasteiger partial charge in [-0.3, -0.25) is 14.8 Å². The van der Waals surface area contributed by atoms with E-state index in [-0.39, 0.29) is 29.4 Å². The topological polar surface area (TPSA) is 111 Å². The van der Waals surface area contributed by atoms with Crippen molar-refractivity contribution < 1.29 is 17.8 Å². The van der Waals surface area contributed by atoms with E-state index >= 15 is 4.39 Å². The van der Waals surface area contributed by atoms with E-state index in [1.807, 2.05) is 0 Å². The molecule has 176 valence electrons. The van der Waals surface area contributed by atoms with Crippen LogP contribution in [0.3, 0.4) is 0 Å². The fourth-order valence-electron chi connectivity index (χ4n) is 4.66. The molecule has 2 N–H and O–H groups in total. The zero-order chi connectivity index (χ0) is 24.2. The molecule has 0 unspecified atom stereocenters. The number of aliphatic imine (C=N–C) groups is 1. The molecule has 3 atom stereocenters. The van der Waals surface area contributed by atoms with Crippen LogP contribution in [0.4, 0.5) is 8.78 Å². The van der Waals surface area contributed by atoms with Gasteiger partial charge in [-0.25, -0.2) is 22.3 Å². The average molecular weight is 476 g/mol. The van der Waals surface area contributed by atoms with Gasteiger partial charge in [-0.05, 0) is 64.3 Å². The number of fused-ring (bicyclic) bond motifs is 1. The van der Waals surface area contributed by atoms with Crippen LogP contribution in [-0.4, -0.2) is 42.3 Å². The fraction of sp³-hybridized carbons (Fsp3) is 0.478. The van der Waals surface area contributed by atoms with Gasteiger partial charge in [0.1, 0.15) is 39.1 Å². The summed E-state index contributed by atoms with van der Waals surface area (Å²) >= 11 is 0. The van der Waals surface area contributed by atoms with Gasteiger partial charge in [-0.2, -0.15) is 0 Å². The van der Waals surface area contributed by atoms with Crippen molar-refractivity contribution in [3.8, 4) is 0 Å². The van der Waals surface area contributed by atoms with Crippen molar-refractivity contribution in [1.29, 1.82) is 0 Å². The maximum atomic E-state index is 15.1. The summed E-state index contributed by atoms with van der Waals surface area (Å²) in [6.45, 7) is 7.25. The first-order valence-corrected chi connectivity index (χ1v) is 12.4. The second kappa shape index (κ2) is 7.93. The molecule has 7 nitrogen and oxygen atoms in total. The van der Waals surface area contributed by atoms with Crippen molar-refractivity contribution in [2.45, 2.75) is 62.5 Å². The van der Waals surface area contributed by atoms with Crippen LogP contribution in [0.15, 0.2) is 33.8 Å². The van der Waals surface area contributed by atoms with Gasteiger partial charge < -0.3 is 5.73 Å². The van der Waals surface area contributed by atoms with E-state index in [1.54, 1.807) is 27.7 Å². The number of nitrogens with zero attached hydrogens (tertiary/aromatic N) is 4. The fourth-order valence-corrected chi connectivity index (χ4v) is 7.90. The predicted octanol–water partition coefficient (Wildman–Crippen LogP) is 3.48.